The van der Waals surface area contributed by atoms with Gasteiger partial charge in [0, 0.05) is 17.8 Å². The number of carbonyl (C=O) groups is 2. The molecule has 0 aliphatic carbocycles. The summed E-state index contributed by atoms with van der Waals surface area (Å²) in [6.07, 6.45) is 1.06. The molecule has 2 atom stereocenters. The number of carbonyl (C=O) groups excluding carboxylic acids is 2. The third-order valence-corrected chi connectivity index (χ3v) is 3.22. The quantitative estimate of drug-likeness (QED) is 0.802. The van der Waals surface area contributed by atoms with Crippen LogP contribution in [0.5, 0.6) is 0 Å². The highest BCUT2D eigenvalue weighted by Crippen LogP contribution is 2.20. The number of nitrogens with one attached hydrogen (secondary N) is 1. The third kappa shape index (κ3) is 3.39. The van der Waals surface area contributed by atoms with Gasteiger partial charge in [0.2, 0.25) is 0 Å². The Labute approximate surface area is 112 Å². The van der Waals surface area contributed by atoms with Crippen molar-refractivity contribution in [3.8, 4) is 0 Å². The maximum atomic E-state index is 12.0. The van der Waals surface area contributed by atoms with Crippen LogP contribution in [0.4, 0.5) is 5.69 Å². The van der Waals surface area contributed by atoms with Crippen molar-refractivity contribution in [2.24, 2.45) is 5.73 Å². The summed E-state index contributed by atoms with van der Waals surface area (Å²) in [5, 5.41) is 2.78. The van der Waals surface area contributed by atoms with Crippen molar-refractivity contribution in [3.63, 3.8) is 0 Å². The Bertz CT molecular complexity index is 470. The molecule has 1 aromatic rings. The Morgan fingerprint density at radius 1 is 1.32 bits per heavy atom. The van der Waals surface area contributed by atoms with Crippen LogP contribution >= 0.6 is 0 Å². The van der Waals surface area contributed by atoms with Crippen molar-refractivity contribution in [1.82, 2.24) is 0 Å². The monoisotopic (exact) mass is 262 g/mol. The number of nitrogens with two attached hydrogens (primary N) is 1. The van der Waals surface area contributed by atoms with Gasteiger partial charge in [-0.2, -0.15) is 0 Å². The first-order valence-electron chi connectivity index (χ1n) is 6.37. The third-order valence-electron chi connectivity index (χ3n) is 3.22. The van der Waals surface area contributed by atoms with Gasteiger partial charge >= 0.3 is 0 Å². The lowest BCUT2D eigenvalue weighted by Gasteiger charge is -2.12. The Morgan fingerprint density at radius 2 is 2.00 bits per heavy atom. The fraction of sp³-hybridized carbons (Fsp3) is 0.429. The van der Waals surface area contributed by atoms with E-state index in [1.54, 1.807) is 24.3 Å². The molecule has 1 aliphatic heterocycles. The van der Waals surface area contributed by atoms with Gasteiger partial charge in [-0.05, 0) is 44.0 Å². The van der Waals surface area contributed by atoms with E-state index in [2.05, 4.69) is 5.32 Å². The number of hydrogen-bond donors (Lipinski definition) is 2. The molecule has 19 heavy (non-hydrogen) atoms. The second-order valence-corrected chi connectivity index (χ2v) is 4.68. The summed E-state index contributed by atoms with van der Waals surface area (Å²) in [7, 11) is 0. The molecule has 0 aromatic heterocycles. The first-order chi connectivity index (χ1) is 9.10. The lowest BCUT2D eigenvalue weighted by atomic mass is 10.1. The van der Waals surface area contributed by atoms with Crippen molar-refractivity contribution in [2.45, 2.75) is 32.0 Å². The van der Waals surface area contributed by atoms with E-state index in [1.807, 2.05) is 0 Å². The van der Waals surface area contributed by atoms with Gasteiger partial charge in [0.05, 0.1) is 6.10 Å². The Kier molecular flexibility index (Phi) is 4.29. The average molecular weight is 262 g/mol. The standard InChI is InChI=1S/C14H18N2O3/c1-9(17)10-2-4-11(5-3-10)16-14(18)13-7-6-12(8-15)19-13/h2-5,12-13H,6-8,15H2,1H3,(H,16,18). The first kappa shape index (κ1) is 13.7. The number of benzene rings is 1. The molecule has 1 saturated heterocycles. The minimum atomic E-state index is -0.430. The predicted molar refractivity (Wildman–Crippen MR) is 72.0 cm³/mol. The van der Waals surface area contributed by atoms with Crippen molar-refractivity contribution in [2.75, 3.05) is 11.9 Å². The molecular formula is C14H18N2O3. The van der Waals surface area contributed by atoms with Gasteiger partial charge in [-0.1, -0.05) is 0 Å². The summed E-state index contributed by atoms with van der Waals surface area (Å²) >= 11 is 0. The summed E-state index contributed by atoms with van der Waals surface area (Å²) in [5.41, 5.74) is 6.79. The maximum absolute atomic E-state index is 12.0. The summed E-state index contributed by atoms with van der Waals surface area (Å²) in [6.45, 7) is 1.95. The van der Waals surface area contributed by atoms with Crippen molar-refractivity contribution in [1.29, 1.82) is 0 Å². The van der Waals surface area contributed by atoms with Crippen LogP contribution in [0.25, 0.3) is 0 Å². The van der Waals surface area contributed by atoms with Crippen LogP contribution in [0, 0.1) is 0 Å². The lowest BCUT2D eigenvalue weighted by molar-refractivity contribution is -0.126. The van der Waals surface area contributed by atoms with Gasteiger partial charge in [-0.3, -0.25) is 9.59 Å². The Morgan fingerprint density at radius 3 is 2.53 bits per heavy atom. The average Bonchev–Trinajstić information content (AvgIpc) is 2.88. The molecule has 3 N–H and O–H groups in total. The molecule has 2 rings (SSSR count). The van der Waals surface area contributed by atoms with Gasteiger partial charge in [0.1, 0.15) is 6.10 Å². The zero-order valence-electron chi connectivity index (χ0n) is 10.9. The molecule has 1 fully saturated rings. The molecule has 0 bridgehead atoms. The Hall–Kier alpha value is -1.72. The van der Waals surface area contributed by atoms with Crippen LogP contribution in [-0.2, 0) is 9.53 Å². The normalized spacial score (nSPS) is 22.2. The second-order valence-electron chi connectivity index (χ2n) is 4.68. The SMILES string of the molecule is CC(=O)c1ccc(NC(=O)C2CCC(CN)O2)cc1. The van der Waals surface area contributed by atoms with E-state index in [4.69, 9.17) is 10.5 Å². The number of ether oxygens (including phenoxy) is 1. The molecule has 5 heteroatoms. The van der Waals surface area contributed by atoms with E-state index in [9.17, 15) is 9.59 Å². The summed E-state index contributed by atoms with van der Waals surface area (Å²) in [4.78, 5) is 23.1. The van der Waals surface area contributed by atoms with Crippen LogP contribution in [0.1, 0.15) is 30.1 Å². The van der Waals surface area contributed by atoms with Gasteiger partial charge in [-0.25, -0.2) is 0 Å². The first-order valence-corrected chi connectivity index (χ1v) is 6.37. The summed E-state index contributed by atoms with van der Waals surface area (Å²) in [5.74, 6) is -0.158. The second kappa shape index (κ2) is 5.95. The van der Waals surface area contributed by atoms with Crippen LogP contribution < -0.4 is 11.1 Å². The molecular weight excluding hydrogens is 244 g/mol. The topological polar surface area (TPSA) is 81.4 Å². The van der Waals surface area contributed by atoms with Crippen molar-refractivity contribution in [3.05, 3.63) is 29.8 Å². The molecule has 1 heterocycles. The fourth-order valence-corrected chi connectivity index (χ4v) is 2.08. The molecule has 5 nitrogen and oxygen atoms in total. The molecule has 0 spiro atoms. The van der Waals surface area contributed by atoms with E-state index in [0.717, 1.165) is 6.42 Å². The van der Waals surface area contributed by atoms with Gasteiger partial charge in [0.15, 0.2) is 5.78 Å². The molecule has 0 radical (unpaired) electrons. The number of rotatable bonds is 4. The van der Waals surface area contributed by atoms with Crippen molar-refractivity contribution >= 4 is 17.4 Å². The smallest absolute Gasteiger partial charge is 0.253 e. The number of hydrogen-bond acceptors (Lipinski definition) is 4. The highest BCUT2D eigenvalue weighted by molar-refractivity contribution is 5.96. The number of anilines is 1. The molecule has 0 saturated carbocycles. The predicted octanol–water partition coefficient (Wildman–Crippen LogP) is 1.33. The van der Waals surface area contributed by atoms with E-state index >= 15 is 0 Å². The molecule has 1 aromatic carbocycles. The van der Waals surface area contributed by atoms with Gasteiger partial charge in [-0.15, -0.1) is 0 Å². The maximum Gasteiger partial charge on any atom is 0.253 e. The minimum absolute atomic E-state index is 0.00258. The summed E-state index contributed by atoms with van der Waals surface area (Å²) in [6, 6.07) is 6.81. The van der Waals surface area contributed by atoms with E-state index < -0.39 is 6.10 Å². The lowest BCUT2D eigenvalue weighted by Crippen LogP contribution is -2.29. The molecule has 1 amide bonds. The zero-order chi connectivity index (χ0) is 13.8. The number of Topliss-reactive ketones (excluding diaryl/α,β-unsaturated/α-hetero) is 1. The van der Waals surface area contributed by atoms with Crippen LogP contribution in [0.15, 0.2) is 24.3 Å². The number of amides is 1. The molecule has 2 unspecified atom stereocenters. The Balaban J connectivity index is 1.94. The van der Waals surface area contributed by atoms with E-state index in [-0.39, 0.29) is 17.8 Å². The zero-order valence-corrected chi connectivity index (χ0v) is 10.9. The molecule has 102 valence electrons. The van der Waals surface area contributed by atoms with Crippen molar-refractivity contribution < 1.29 is 14.3 Å². The van der Waals surface area contributed by atoms with E-state index in [1.165, 1.54) is 6.92 Å². The van der Waals surface area contributed by atoms with Crippen LogP contribution in [-0.4, -0.2) is 30.4 Å². The highest BCUT2D eigenvalue weighted by atomic mass is 16.5. The largest absolute Gasteiger partial charge is 0.364 e. The van der Waals surface area contributed by atoms with Gasteiger partial charge < -0.3 is 15.8 Å². The minimum Gasteiger partial charge on any atom is -0.364 e. The fourth-order valence-electron chi connectivity index (χ4n) is 2.08. The van der Waals surface area contributed by atoms with Crippen LogP contribution in [0.2, 0.25) is 0 Å². The summed E-state index contributed by atoms with van der Waals surface area (Å²) < 4.78 is 5.52. The highest BCUT2D eigenvalue weighted by Gasteiger charge is 2.29. The van der Waals surface area contributed by atoms with E-state index in [0.29, 0.717) is 24.2 Å². The van der Waals surface area contributed by atoms with Gasteiger partial charge in [0.25, 0.3) is 5.91 Å². The van der Waals surface area contributed by atoms with Crippen LogP contribution in [0.3, 0.4) is 0 Å². The molecule has 1 aliphatic rings. The number of ketones is 1.